The van der Waals surface area contributed by atoms with Gasteiger partial charge in [-0.15, -0.1) is 0 Å². The van der Waals surface area contributed by atoms with Gasteiger partial charge in [0.2, 0.25) is 5.91 Å². The number of ether oxygens (including phenoxy) is 1. The molecule has 4 heteroatoms. The summed E-state index contributed by atoms with van der Waals surface area (Å²) in [5.74, 6) is 0.145. The zero-order valence-corrected chi connectivity index (χ0v) is 12.9. The van der Waals surface area contributed by atoms with Gasteiger partial charge in [0.05, 0.1) is 6.04 Å². The van der Waals surface area contributed by atoms with Gasteiger partial charge in [-0.1, -0.05) is 19.3 Å². The van der Waals surface area contributed by atoms with Gasteiger partial charge >= 0.3 is 0 Å². The van der Waals surface area contributed by atoms with Gasteiger partial charge in [0, 0.05) is 26.8 Å². The maximum atomic E-state index is 12.3. The third kappa shape index (κ3) is 3.95. The van der Waals surface area contributed by atoms with Crippen molar-refractivity contribution in [2.45, 2.75) is 63.8 Å². The van der Waals surface area contributed by atoms with E-state index in [0.717, 1.165) is 25.9 Å². The summed E-state index contributed by atoms with van der Waals surface area (Å²) >= 11 is 0. The van der Waals surface area contributed by atoms with Crippen molar-refractivity contribution in [3.05, 3.63) is 0 Å². The predicted molar refractivity (Wildman–Crippen MR) is 80.4 cm³/mol. The molecule has 2 rings (SSSR count). The average molecular weight is 282 g/mol. The van der Waals surface area contributed by atoms with E-state index in [-0.39, 0.29) is 11.9 Å². The van der Waals surface area contributed by atoms with Crippen LogP contribution in [0.15, 0.2) is 0 Å². The van der Waals surface area contributed by atoms with Crippen LogP contribution >= 0.6 is 0 Å². The third-order valence-electron chi connectivity index (χ3n) is 5.23. The molecule has 1 amide bonds. The summed E-state index contributed by atoms with van der Waals surface area (Å²) in [6.45, 7) is 2.51. The number of carbonyl (C=O) groups is 1. The summed E-state index contributed by atoms with van der Waals surface area (Å²) in [6.07, 6.45) is 10.9. The van der Waals surface area contributed by atoms with Crippen LogP contribution in [0.5, 0.6) is 0 Å². The van der Waals surface area contributed by atoms with Crippen LogP contribution < -0.4 is 5.73 Å². The molecule has 1 saturated carbocycles. The summed E-state index contributed by atoms with van der Waals surface area (Å²) in [5, 5.41) is 0. The lowest BCUT2D eigenvalue weighted by atomic mass is 9.68. The highest BCUT2D eigenvalue weighted by molar-refractivity contribution is 5.81. The SMILES string of the molecule is COCCCC(N)C(=O)N1CCC2(CCCCC2)CC1. The summed E-state index contributed by atoms with van der Waals surface area (Å²) in [4.78, 5) is 14.3. The maximum Gasteiger partial charge on any atom is 0.239 e. The smallest absolute Gasteiger partial charge is 0.239 e. The zero-order valence-electron chi connectivity index (χ0n) is 12.9. The lowest BCUT2D eigenvalue weighted by Crippen LogP contribution is -2.49. The first-order chi connectivity index (χ1) is 9.67. The Morgan fingerprint density at radius 1 is 1.20 bits per heavy atom. The fraction of sp³-hybridized carbons (Fsp3) is 0.938. The average Bonchev–Trinajstić information content (AvgIpc) is 2.48. The van der Waals surface area contributed by atoms with E-state index < -0.39 is 0 Å². The Balaban J connectivity index is 1.76. The van der Waals surface area contributed by atoms with E-state index >= 15 is 0 Å². The zero-order chi connectivity index (χ0) is 14.4. The number of likely N-dealkylation sites (tertiary alicyclic amines) is 1. The van der Waals surface area contributed by atoms with Crippen molar-refractivity contribution in [1.29, 1.82) is 0 Å². The molecule has 1 aliphatic heterocycles. The molecule has 1 spiro atoms. The molecule has 1 atom stereocenters. The molecule has 2 N–H and O–H groups in total. The van der Waals surface area contributed by atoms with Crippen molar-refractivity contribution >= 4 is 5.91 Å². The van der Waals surface area contributed by atoms with Gasteiger partial charge in [-0.05, 0) is 43.9 Å². The Kier molecular flexibility index (Phi) is 5.85. The van der Waals surface area contributed by atoms with Crippen LogP contribution in [-0.4, -0.2) is 43.7 Å². The van der Waals surface area contributed by atoms with Crippen LogP contribution in [-0.2, 0) is 9.53 Å². The van der Waals surface area contributed by atoms with Gasteiger partial charge in [0.25, 0.3) is 0 Å². The summed E-state index contributed by atoms with van der Waals surface area (Å²) in [7, 11) is 1.68. The van der Waals surface area contributed by atoms with Crippen molar-refractivity contribution in [2.24, 2.45) is 11.1 Å². The Labute approximate surface area is 123 Å². The number of amides is 1. The highest BCUT2D eigenvalue weighted by Crippen LogP contribution is 2.44. The van der Waals surface area contributed by atoms with E-state index in [4.69, 9.17) is 10.5 Å². The molecule has 116 valence electrons. The molecule has 1 aliphatic carbocycles. The first-order valence-electron chi connectivity index (χ1n) is 8.20. The molecule has 0 bridgehead atoms. The second-order valence-electron chi connectivity index (χ2n) is 6.63. The summed E-state index contributed by atoms with van der Waals surface area (Å²) in [5.41, 5.74) is 6.56. The molecule has 20 heavy (non-hydrogen) atoms. The Morgan fingerprint density at radius 3 is 2.45 bits per heavy atom. The first-order valence-corrected chi connectivity index (χ1v) is 8.20. The molecule has 0 aromatic carbocycles. The first kappa shape index (κ1) is 15.8. The number of hydrogen-bond acceptors (Lipinski definition) is 3. The largest absolute Gasteiger partial charge is 0.385 e. The van der Waals surface area contributed by atoms with Crippen LogP contribution in [0.4, 0.5) is 0 Å². The van der Waals surface area contributed by atoms with Gasteiger partial charge in [-0.2, -0.15) is 0 Å². The Bertz CT molecular complexity index is 304. The minimum Gasteiger partial charge on any atom is -0.385 e. The number of carbonyl (C=O) groups excluding carboxylic acids is 1. The molecule has 0 aromatic rings. The minimum absolute atomic E-state index is 0.145. The van der Waals surface area contributed by atoms with Crippen LogP contribution in [0.25, 0.3) is 0 Å². The predicted octanol–water partition coefficient (Wildman–Crippen LogP) is 2.31. The van der Waals surface area contributed by atoms with E-state index in [9.17, 15) is 4.79 Å². The molecule has 1 saturated heterocycles. The lowest BCUT2D eigenvalue weighted by molar-refractivity contribution is -0.135. The molecule has 0 aromatic heterocycles. The second-order valence-corrected chi connectivity index (χ2v) is 6.63. The van der Waals surface area contributed by atoms with E-state index in [1.807, 2.05) is 4.90 Å². The molecular weight excluding hydrogens is 252 g/mol. The van der Waals surface area contributed by atoms with Gasteiger partial charge in [-0.3, -0.25) is 4.79 Å². The van der Waals surface area contributed by atoms with E-state index in [2.05, 4.69) is 0 Å². The van der Waals surface area contributed by atoms with Gasteiger partial charge in [-0.25, -0.2) is 0 Å². The van der Waals surface area contributed by atoms with Crippen molar-refractivity contribution < 1.29 is 9.53 Å². The molecule has 1 heterocycles. The molecule has 2 fully saturated rings. The van der Waals surface area contributed by atoms with Crippen molar-refractivity contribution in [1.82, 2.24) is 4.90 Å². The van der Waals surface area contributed by atoms with Crippen LogP contribution in [0, 0.1) is 5.41 Å². The number of methoxy groups -OCH3 is 1. The van der Waals surface area contributed by atoms with Gasteiger partial charge < -0.3 is 15.4 Å². The normalized spacial score (nSPS) is 23.8. The third-order valence-corrected chi connectivity index (χ3v) is 5.23. The molecule has 2 aliphatic rings. The number of nitrogens with two attached hydrogens (primary N) is 1. The quantitative estimate of drug-likeness (QED) is 0.787. The van der Waals surface area contributed by atoms with Crippen LogP contribution in [0.2, 0.25) is 0 Å². The molecular formula is C16H30N2O2. The highest BCUT2D eigenvalue weighted by atomic mass is 16.5. The summed E-state index contributed by atoms with van der Waals surface area (Å²) in [6, 6.07) is -0.342. The van der Waals surface area contributed by atoms with E-state index in [1.54, 1.807) is 7.11 Å². The Hall–Kier alpha value is -0.610. The highest BCUT2D eigenvalue weighted by Gasteiger charge is 2.37. The molecule has 4 nitrogen and oxygen atoms in total. The number of nitrogens with zero attached hydrogens (tertiary/aromatic N) is 1. The fourth-order valence-electron chi connectivity index (χ4n) is 3.81. The van der Waals surface area contributed by atoms with Crippen LogP contribution in [0.1, 0.15) is 57.8 Å². The lowest BCUT2D eigenvalue weighted by Gasteiger charge is -2.44. The van der Waals surface area contributed by atoms with Crippen molar-refractivity contribution in [3.63, 3.8) is 0 Å². The van der Waals surface area contributed by atoms with E-state index in [1.165, 1.54) is 44.9 Å². The number of piperidine rings is 1. The van der Waals surface area contributed by atoms with E-state index in [0.29, 0.717) is 12.0 Å². The fourth-order valence-corrected chi connectivity index (χ4v) is 3.81. The minimum atomic E-state index is -0.342. The van der Waals surface area contributed by atoms with Crippen molar-refractivity contribution in [2.75, 3.05) is 26.8 Å². The van der Waals surface area contributed by atoms with Crippen molar-refractivity contribution in [3.8, 4) is 0 Å². The number of hydrogen-bond donors (Lipinski definition) is 1. The maximum absolute atomic E-state index is 12.3. The topological polar surface area (TPSA) is 55.6 Å². The summed E-state index contributed by atoms with van der Waals surface area (Å²) < 4.78 is 5.01. The molecule has 1 unspecified atom stereocenters. The van der Waals surface area contributed by atoms with Gasteiger partial charge in [0.15, 0.2) is 0 Å². The van der Waals surface area contributed by atoms with Gasteiger partial charge in [0.1, 0.15) is 0 Å². The standard InChI is InChI=1S/C16H30N2O2/c1-20-13-5-6-14(17)15(19)18-11-9-16(10-12-18)7-3-2-4-8-16/h14H,2-13,17H2,1H3. The second kappa shape index (κ2) is 7.41. The number of rotatable bonds is 5. The monoisotopic (exact) mass is 282 g/mol. The molecule has 0 radical (unpaired) electrons. The Morgan fingerprint density at radius 2 is 1.85 bits per heavy atom. The van der Waals surface area contributed by atoms with Crippen LogP contribution in [0.3, 0.4) is 0 Å².